The summed E-state index contributed by atoms with van der Waals surface area (Å²) in [7, 11) is -0.565. The maximum atomic E-state index is 2.58. The smallest absolute Gasteiger partial charge is 0.00105 e. The third-order valence-electron chi connectivity index (χ3n) is 9.98. The van der Waals surface area contributed by atoms with Crippen LogP contribution < -0.4 is 10.6 Å². The highest BCUT2D eigenvalue weighted by Gasteiger charge is 2.56. The van der Waals surface area contributed by atoms with Crippen molar-refractivity contribution in [3.05, 3.63) is 95.1 Å². The highest BCUT2D eigenvalue weighted by molar-refractivity contribution is 7.72. The zero-order chi connectivity index (χ0) is 26.5. The molecule has 4 saturated carbocycles. The Kier molecular flexibility index (Phi) is 7.38. The summed E-state index contributed by atoms with van der Waals surface area (Å²) in [6.07, 6.45) is 11.7. The zero-order valence-electron chi connectivity index (χ0n) is 24.2. The van der Waals surface area contributed by atoms with Gasteiger partial charge in [-0.15, -0.1) is 0 Å². The van der Waals surface area contributed by atoms with Crippen molar-refractivity contribution in [2.45, 2.75) is 95.8 Å². The maximum Gasteiger partial charge on any atom is 0.00105 e. The number of hydrogen-bond acceptors (Lipinski definition) is 0. The van der Waals surface area contributed by atoms with E-state index < -0.39 is 7.92 Å². The molecule has 4 fully saturated rings. The number of hydrogen-bond donors (Lipinski definition) is 0. The fourth-order valence-corrected chi connectivity index (χ4v) is 15.9. The average molecular weight is 541 g/mol. The fraction of sp³-hybridized carbons (Fsp3) is 0.500. The molecule has 0 aliphatic heterocycles. The topological polar surface area (TPSA) is 0 Å². The van der Waals surface area contributed by atoms with E-state index in [-0.39, 0.29) is 7.92 Å². The quantitative estimate of drug-likeness (QED) is 0.262. The lowest BCUT2D eigenvalue weighted by Crippen LogP contribution is -2.51. The molecule has 0 heterocycles. The van der Waals surface area contributed by atoms with Crippen LogP contribution in [0.2, 0.25) is 0 Å². The van der Waals surface area contributed by atoms with Crippen molar-refractivity contribution < 1.29 is 0 Å². The molecule has 1 unspecified atom stereocenters. The highest BCUT2D eigenvalue weighted by Crippen LogP contribution is 2.73. The van der Waals surface area contributed by atoms with E-state index in [1.54, 1.807) is 41.0 Å². The molecule has 3 aromatic carbocycles. The summed E-state index contributed by atoms with van der Waals surface area (Å²) in [5, 5.41) is 4.12. The minimum atomic E-state index is -0.458. The Morgan fingerprint density at radius 1 is 0.632 bits per heavy atom. The Hall–Kier alpha value is -1.48. The number of rotatable bonds is 7. The maximum absolute atomic E-state index is 2.58. The standard InChI is InChI=1S/C36H46P2/c1-26-12-6-10-16-33(26)37(34-17-11-7-13-27(34)2)24-31-14-8-9-15-32(31)25-38(35(3,4)5)36-21-28-18-29(22-36)20-30(19-28)23-36/h6-17,28-30H,18-25H2,1-5H3. The molecule has 4 aliphatic carbocycles. The lowest BCUT2D eigenvalue weighted by molar-refractivity contribution is 0.0347. The lowest BCUT2D eigenvalue weighted by atomic mass is 9.56. The van der Waals surface area contributed by atoms with Gasteiger partial charge in [-0.1, -0.05) is 101 Å². The van der Waals surface area contributed by atoms with Gasteiger partial charge in [0.2, 0.25) is 0 Å². The first-order valence-corrected chi connectivity index (χ1v) is 18.0. The monoisotopic (exact) mass is 540 g/mol. The Bertz CT molecular complexity index is 1200. The Labute approximate surface area is 234 Å². The average Bonchev–Trinajstić information content (AvgIpc) is 2.86. The molecule has 0 nitrogen and oxygen atoms in total. The van der Waals surface area contributed by atoms with Gasteiger partial charge in [-0.3, -0.25) is 0 Å². The molecule has 4 aliphatic rings. The highest BCUT2D eigenvalue weighted by atomic mass is 31.1. The molecule has 0 spiro atoms. The summed E-state index contributed by atoms with van der Waals surface area (Å²) in [4.78, 5) is 0. The molecule has 0 aromatic heterocycles. The van der Waals surface area contributed by atoms with Gasteiger partial charge in [0.1, 0.15) is 0 Å². The Morgan fingerprint density at radius 3 is 1.50 bits per heavy atom. The second kappa shape index (κ2) is 10.5. The van der Waals surface area contributed by atoms with Crippen molar-refractivity contribution >= 4 is 26.5 Å². The van der Waals surface area contributed by atoms with E-state index >= 15 is 0 Å². The van der Waals surface area contributed by atoms with E-state index in [2.05, 4.69) is 107 Å². The third-order valence-corrected chi connectivity index (χ3v) is 16.8. The number of aryl methyl sites for hydroxylation is 2. The van der Waals surface area contributed by atoms with Crippen LogP contribution in [0.15, 0.2) is 72.8 Å². The summed E-state index contributed by atoms with van der Waals surface area (Å²) < 4.78 is 0. The van der Waals surface area contributed by atoms with Crippen molar-refractivity contribution in [1.82, 2.24) is 0 Å². The van der Waals surface area contributed by atoms with E-state index in [0.717, 1.165) is 23.9 Å². The summed E-state index contributed by atoms with van der Waals surface area (Å²) in [5.74, 6) is 3.08. The molecule has 1 atom stereocenters. The predicted molar refractivity (Wildman–Crippen MR) is 170 cm³/mol. The van der Waals surface area contributed by atoms with Crippen LogP contribution in [-0.4, -0.2) is 10.3 Å². The minimum absolute atomic E-state index is 0.107. The first kappa shape index (κ1) is 26.7. The van der Waals surface area contributed by atoms with Crippen LogP contribution in [0.25, 0.3) is 0 Å². The van der Waals surface area contributed by atoms with Crippen LogP contribution in [0.5, 0.6) is 0 Å². The largest absolute Gasteiger partial charge is 0.0903 e. The van der Waals surface area contributed by atoms with Gasteiger partial charge in [-0.05, 0) is 127 Å². The van der Waals surface area contributed by atoms with E-state index in [4.69, 9.17) is 0 Å². The van der Waals surface area contributed by atoms with Crippen LogP contribution in [0.4, 0.5) is 0 Å². The van der Waals surface area contributed by atoms with Gasteiger partial charge in [0.15, 0.2) is 0 Å². The van der Waals surface area contributed by atoms with Gasteiger partial charge in [0.25, 0.3) is 0 Å². The first-order valence-electron chi connectivity index (χ1n) is 15.0. The Morgan fingerprint density at radius 2 is 1.05 bits per heavy atom. The van der Waals surface area contributed by atoms with E-state index in [0.29, 0.717) is 10.3 Å². The lowest BCUT2D eigenvalue weighted by Gasteiger charge is -2.62. The molecule has 0 amide bonds. The van der Waals surface area contributed by atoms with Crippen LogP contribution in [-0.2, 0) is 12.3 Å². The van der Waals surface area contributed by atoms with Crippen LogP contribution in [0.3, 0.4) is 0 Å². The van der Waals surface area contributed by atoms with Crippen LogP contribution in [0.1, 0.15) is 81.5 Å². The van der Waals surface area contributed by atoms with Gasteiger partial charge in [0.05, 0.1) is 0 Å². The van der Waals surface area contributed by atoms with Crippen molar-refractivity contribution in [2.75, 3.05) is 0 Å². The molecule has 0 saturated heterocycles. The molecule has 3 aromatic rings. The van der Waals surface area contributed by atoms with Gasteiger partial charge >= 0.3 is 0 Å². The molecule has 0 N–H and O–H groups in total. The summed E-state index contributed by atoms with van der Waals surface area (Å²) in [5.41, 5.74) is 6.13. The SMILES string of the molecule is Cc1ccccc1P(Cc1ccccc1CP(C(C)(C)C)C12CC3CC(CC(C3)C1)C2)c1ccccc1C. The van der Waals surface area contributed by atoms with Gasteiger partial charge < -0.3 is 0 Å². The number of benzene rings is 3. The van der Waals surface area contributed by atoms with Crippen LogP contribution >= 0.6 is 15.8 Å². The van der Waals surface area contributed by atoms with Crippen molar-refractivity contribution in [1.29, 1.82) is 0 Å². The van der Waals surface area contributed by atoms with Gasteiger partial charge in [0, 0.05) is 6.16 Å². The first-order chi connectivity index (χ1) is 18.2. The minimum Gasteiger partial charge on any atom is -0.0903 e. The fourth-order valence-electron chi connectivity index (χ4n) is 8.75. The van der Waals surface area contributed by atoms with E-state index in [1.165, 1.54) is 36.6 Å². The summed E-state index contributed by atoms with van der Waals surface area (Å²) >= 11 is 0. The molecule has 200 valence electrons. The molecule has 2 heteroatoms. The van der Waals surface area contributed by atoms with Crippen molar-refractivity contribution in [3.63, 3.8) is 0 Å². The zero-order valence-corrected chi connectivity index (χ0v) is 26.0. The summed E-state index contributed by atoms with van der Waals surface area (Å²) in [6.45, 7) is 12.3. The molecule has 0 radical (unpaired) electrons. The van der Waals surface area contributed by atoms with Gasteiger partial charge in [-0.2, -0.15) is 0 Å². The normalized spacial score (nSPS) is 27.2. The molecular formula is C36H46P2. The van der Waals surface area contributed by atoms with Crippen LogP contribution in [0, 0.1) is 31.6 Å². The second-order valence-electron chi connectivity index (χ2n) is 13.8. The molecule has 4 bridgehead atoms. The van der Waals surface area contributed by atoms with E-state index in [9.17, 15) is 0 Å². The molecule has 38 heavy (non-hydrogen) atoms. The third kappa shape index (κ3) is 5.18. The second-order valence-corrected chi connectivity index (χ2v) is 19.4. The van der Waals surface area contributed by atoms with Crippen molar-refractivity contribution in [2.24, 2.45) is 17.8 Å². The van der Waals surface area contributed by atoms with Gasteiger partial charge in [-0.25, -0.2) is 0 Å². The molecular weight excluding hydrogens is 494 g/mol. The molecule has 7 rings (SSSR count). The van der Waals surface area contributed by atoms with E-state index in [1.807, 2.05) is 0 Å². The summed E-state index contributed by atoms with van der Waals surface area (Å²) in [6, 6.07) is 27.9. The Balaban J connectivity index is 1.37. The van der Waals surface area contributed by atoms with Crippen molar-refractivity contribution in [3.8, 4) is 0 Å². The predicted octanol–water partition coefficient (Wildman–Crippen LogP) is 9.69.